The minimum absolute atomic E-state index is 0.328. The van der Waals surface area contributed by atoms with Crippen molar-refractivity contribution in [3.63, 3.8) is 0 Å². The molecule has 0 unspecified atom stereocenters. The highest BCUT2D eigenvalue weighted by atomic mass is 32.2. The quantitative estimate of drug-likeness (QED) is 0.442. The van der Waals surface area contributed by atoms with E-state index in [0.29, 0.717) is 5.75 Å². The van der Waals surface area contributed by atoms with Crippen molar-refractivity contribution in [1.82, 2.24) is 0 Å². The summed E-state index contributed by atoms with van der Waals surface area (Å²) >= 11 is 3.90. The number of carbonyl (C=O) groups excluding carboxylic acids is 1. The molecule has 3 rings (SSSR count). The van der Waals surface area contributed by atoms with E-state index in [1.807, 2.05) is 47.8 Å². The highest BCUT2D eigenvalue weighted by Gasteiger charge is 2.16. The molecule has 0 aromatic heterocycles. The van der Waals surface area contributed by atoms with Gasteiger partial charge >= 0.3 is 5.97 Å². The van der Waals surface area contributed by atoms with Gasteiger partial charge in [-0.3, -0.25) is 4.79 Å². The number of rotatable bonds is 5. The lowest BCUT2D eigenvalue weighted by Gasteiger charge is -2.20. The smallest absolute Gasteiger partial charge is 0.308 e. The van der Waals surface area contributed by atoms with Crippen LogP contribution in [0.2, 0.25) is 0 Å². The first-order valence-corrected chi connectivity index (χ1v) is 10.7. The lowest BCUT2D eigenvalue weighted by atomic mass is 10.0. The molecule has 136 valence electrons. The first kappa shape index (κ1) is 18.9. The van der Waals surface area contributed by atoms with E-state index < -0.39 is 0 Å². The molecule has 2 aromatic rings. The lowest BCUT2D eigenvalue weighted by Crippen LogP contribution is -2.01. The van der Waals surface area contributed by atoms with E-state index in [1.165, 1.54) is 34.7 Å². The molecular weight excluding hydrogens is 364 g/mol. The highest BCUT2D eigenvalue weighted by molar-refractivity contribution is 8.23. The van der Waals surface area contributed by atoms with Gasteiger partial charge in [0.1, 0.15) is 17.2 Å². The van der Waals surface area contributed by atoms with Crippen LogP contribution in [0.25, 0.3) is 5.57 Å². The fourth-order valence-corrected chi connectivity index (χ4v) is 5.54. The van der Waals surface area contributed by atoms with Gasteiger partial charge in [0.05, 0.1) is 0 Å². The second kappa shape index (κ2) is 9.19. The maximum Gasteiger partial charge on any atom is 0.308 e. The molecule has 1 saturated heterocycles. The van der Waals surface area contributed by atoms with Crippen LogP contribution in [-0.4, -0.2) is 17.5 Å². The number of hydrogen-bond acceptors (Lipinski definition) is 5. The Morgan fingerprint density at radius 2 is 1.65 bits per heavy atom. The Bertz CT molecular complexity index is 789. The molecule has 0 N–H and O–H groups in total. The van der Waals surface area contributed by atoms with Gasteiger partial charge in [0.25, 0.3) is 0 Å². The van der Waals surface area contributed by atoms with Crippen molar-refractivity contribution in [1.29, 1.82) is 0 Å². The van der Waals surface area contributed by atoms with E-state index in [-0.39, 0.29) is 5.97 Å². The van der Waals surface area contributed by atoms with Gasteiger partial charge < -0.3 is 9.47 Å². The van der Waals surface area contributed by atoms with Gasteiger partial charge in [-0.05, 0) is 60.3 Å². The maximum absolute atomic E-state index is 11.0. The first-order chi connectivity index (χ1) is 12.7. The number of esters is 1. The molecule has 0 radical (unpaired) electrons. The molecule has 0 amide bonds. The summed E-state index contributed by atoms with van der Waals surface area (Å²) in [5, 5.41) is 0. The van der Waals surface area contributed by atoms with E-state index in [0.717, 1.165) is 23.5 Å². The number of ether oxygens (including phenoxy) is 2. The maximum atomic E-state index is 11.0. The molecule has 1 aliphatic rings. The lowest BCUT2D eigenvalue weighted by molar-refractivity contribution is -0.131. The third-order valence-corrected chi connectivity index (χ3v) is 6.59. The second-order valence-electron chi connectivity index (χ2n) is 5.83. The summed E-state index contributed by atoms with van der Waals surface area (Å²) in [6.07, 6.45) is 2.24. The minimum Gasteiger partial charge on any atom is -0.457 e. The summed E-state index contributed by atoms with van der Waals surface area (Å²) in [4.78, 5) is 11.0. The third-order valence-electron chi connectivity index (χ3n) is 3.88. The molecule has 26 heavy (non-hydrogen) atoms. The van der Waals surface area contributed by atoms with E-state index in [2.05, 4.69) is 19.1 Å². The number of hydrogen-bond donors (Lipinski definition) is 0. The first-order valence-electron chi connectivity index (χ1n) is 8.72. The van der Waals surface area contributed by atoms with Gasteiger partial charge in [-0.2, -0.15) is 0 Å². The third kappa shape index (κ3) is 4.86. The topological polar surface area (TPSA) is 35.5 Å². The average molecular weight is 387 g/mol. The largest absolute Gasteiger partial charge is 0.457 e. The van der Waals surface area contributed by atoms with Crippen LogP contribution >= 0.6 is 23.5 Å². The van der Waals surface area contributed by atoms with Crippen molar-refractivity contribution in [2.75, 3.05) is 11.5 Å². The van der Waals surface area contributed by atoms with E-state index in [9.17, 15) is 4.79 Å². The summed E-state index contributed by atoms with van der Waals surface area (Å²) in [5.41, 5.74) is 2.50. The van der Waals surface area contributed by atoms with Gasteiger partial charge in [-0.25, -0.2) is 0 Å². The van der Waals surface area contributed by atoms with Crippen molar-refractivity contribution in [3.8, 4) is 17.2 Å². The fourth-order valence-electron chi connectivity index (χ4n) is 2.72. The average Bonchev–Trinajstić information content (AvgIpc) is 2.66. The number of thioether (sulfide) groups is 2. The molecule has 0 aliphatic carbocycles. The van der Waals surface area contributed by atoms with Gasteiger partial charge in [-0.1, -0.05) is 25.1 Å². The molecule has 5 heteroatoms. The zero-order valence-corrected chi connectivity index (χ0v) is 16.6. The van der Waals surface area contributed by atoms with Gasteiger partial charge in [0.15, 0.2) is 0 Å². The number of allylic oxidation sites excluding steroid dienone is 1. The van der Waals surface area contributed by atoms with E-state index in [4.69, 9.17) is 9.47 Å². The SMILES string of the molecule is CCC(=C1SCCCS1)c1ccccc1Oc1ccc(OC(C)=O)cc1. The van der Waals surface area contributed by atoms with Crippen LogP contribution in [0.5, 0.6) is 17.2 Å². The van der Waals surface area contributed by atoms with Crippen LogP contribution in [0.1, 0.15) is 32.3 Å². The molecule has 3 nitrogen and oxygen atoms in total. The molecule has 0 saturated carbocycles. The predicted octanol–water partition coefficient (Wildman–Crippen LogP) is 6.35. The summed E-state index contributed by atoms with van der Waals surface area (Å²) in [6.45, 7) is 3.59. The van der Waals surface area contributed by atoms with Crippen molar-refractivity contribution in [3.05, 3.63) is 58.3 Å². The molecule has 0 spiro atoms. The van der Waals surface area contributed by atoms with Crippen LogP contribution < -0.4 is 9.47 Å². The van der Waals surface area contributed by atoms with E-state index in [1.54, 1.807) is 12.1 Å². The van der Waals surface area contributed by atoms with Gasteiger partial charge in [0, 0.05) is 16.7 Å². The van der Waals surface area contributed by atoms with Crippen LogP contribution in [0, 0.1) is 0 Å². The van der Waals surface area contributed by atoms with Crippen LogP contribution in [0.15, 0.2) is 52.8 Å². The van der Waals surface area contributed by atoms with Gasteiger partial charge in [0.2, 0.25) is 0 Å². The van der Waals surface area contributed by atoms with Crippen LogP contribution in [-0.2, 0) is 4.79 Å². The van der Waals surface area contributed by atoms with E-state index >= 15 is 0 Å². The Morgan fingerprint density at radius 1 is 1.00 bits per heavy atom. The van der Waals surface area contributed by atoms with Crippen LogP contribution in [0.3, 0.4) is 0 Å². The van der Waals surface area contributed by atoms with Crippen molar-refractivity contribution < 1.29 is 14.3 Å². The molecule has 0 atom stereocenters. The Labute approximate surface area is 163 Å². The Morgan fingerprint density at radius 3 is 2.31 bits per heavy atom. The van der Waals surface area contributed by atoms with Crippen molar-refractivity contribution in [2.24, 2.45) is 0 Å². The Kier molecular flexibility index (Phi) is 6.69. The monoisotopic (exact) mass is 386 g/mol. The molecule has 1 fully saturated rings. The highest BCUT2D eigenvalue weighted by Crippen LogP contribution is 2.44. The standard InChI is InChI=1S/C21H22O3S2/c1-3-18(21-25-13-6-14-26-21)19-7-4-5-8-20(19)24-17-11-9-16(10-12-17)23-15(2)22/h4-5,7-12H,3,6,13-14H2,1-2H3. The van der Waals surface area contributed by atoms with Crippen molar-refractivity contribution in [2.45, 2.75) is 26.7 Å². The number of para-hydroxylation sites is 1. The zero-order chi connectivity index (χ0) is 18.4. The Hall–Kier alpha value is -1.85. The summed E-state index contributed by atoms with van der Waals surface area (Å²) in [7, 11) is 0. The van der Waals surface area contributed by atoms with Crippen molar-refractivity contribution >= 4 is 35.1 Å². The molecule has 2 aromatic carbocycles. The fraction of sp³-hybridized carbons (Fsp3) is 0.286. The molecule has 1 aliphatic heterocycles. The predicted molar refractivity (Wildman–Crippen MR) is 111 cm³/mol. The molecule has 1 heterocycles. The molecular formula is C21H22O3S2. The van der Waals surface area contributed by atoms with Gasteiger partial charge in [-0.15, -0.1) is 23.5 Å². The Balaban J connectivity index is 1.86. The number of carbonyl (C=O) groups is 1. The normalized spacial score (nSPS) is 14.0. The number of benzene rings is 2. The summed E-state index contributed by atoms with van der Waals surface area (Å²) in [5.74, 6) is 4.13. The second-order valence-corrected chi connectivity index (χ2v) is 8.30. The summed E-state index contributed by atoms with van der Waals surface area (Å²) < 4.78 is 12.6. The summed E-state index contributed by atoms with van der Waals surface area (Å²) in [6, 6.07) is 15.3. The zero-order valence-electron chi connectivity index (χ0n) is 15.0. The molecule has 0 bridgehead atoms. The minimum atomic E-state index is -0.328. The van der Waals surface area contributed by atoms with Crippen LogP contribution in [0.4, 0.5) is 0 Å².